The first-order chi connectivity index (χ1) is 9.31. The minimum Gasteiger partial charge on any atom is -0.377 e. The van der Waals surface area contributed by atoms with E-state index in [1.807, 2.05) is 31.2 Å². The van der Waals surface area contributed by atoms with Crippen LogP contribution >= 0.6 is 0 Å². The molecule has 0 aliphatic heterocycles. The van der Waals surface area contributed by atoms with E-state index < -0.39 is 0 Å². The number of hydrogen-bond acceptors (Lipinski definition) is 4. The summed E-state index contributed by atoms with van der Waals surface area (Å²) in [5, 5.41) is 2.81. The van der Waals surface area contributed by atoms with E-state index in [1.165, 1.54) is 18.6 Å². The topological polar surface area (TPSA) is 64.1 Å². The Morgan fingerprint density at radius 1 is 1.32 bits per heavy atom. The van der Waals surface area contributed by atoms with Crippen molar-refractivity contribution in [2.75, 3.05) is 11.9 Å². The van der Waals surface area contributed by atoms with Gasteiger partial charge in [-0.3, -0.25) is 9.78 Å². The lowest BCUT2D eigenvalue weighted by Crippen LogP contribution is -2.15. The molecular formula is C14H15N3O2. The number of rotatable bonds is 5. The van der Waals surface area contributed by atoms with Crippen LogP contribution in [-0.4, -0.2) is 22.5 Å². The lowest BCUT2D eigenvalue weighted by atomic mass is 10.2. The third kappa shape index (κ3) is 3.59. The summed E-state index contributed by atoms with van der Waals surface area (Å²) in [5.41, 5.74) is 1.95. The van der Waals surface area contributed by atoms with Gasteiger partial charge < -0.3 is 10.1 Å². The van der Waals surface area contributed by atoms with Crippen molar-refractivity contribution in [3.63, 3.8) is 0 Å². The Morgan fingerprint density at radius 3 is 2.89 bits per heavy atom. The Morgan fingerprint density at radius 2 is 2.16 bits per heavy atom. The molecule has 0 saturated heterocycles. The summed E-state index contributed by atoms with van der Waals surface area (Å²) >= 11 is 0. The van der Waals surface area contributed by atoms with E-state index >= 15 is 0 Å². The number of anilines is 1. The van der Waals surface area contributed by atoms with Crippen LogP contribution in [0, 0.1) is 0 Å². The van der Waals surface area contributed by atoms with Gasteiger partial charge in [-0.2, -0.15) is 0 Å². The number of carbonyl (C=O) groups excluding carboxylic acids is 1. The fourth-order valence-corrected chi connectivity index (χ4v) is 1.58. The van der Waals surface area contributed by atoms with Crippen molar-refractivity contribution in [1.29, 1.82) is 0 Å². The molecule has 1 heterocycles. The smallest absolute Gasteiger partial charge is 0.275 e. The number of benzene rings is 1. The Hall–Kier alpha value is -2.27. The second-order valence-corrected chi connectivity index (χ2v) is 3.84. The summed E-state index contributed by atoms with van der Waals surface area (Å²) in [7, 11) is 0. The highest BCUT2D eigenvalue weighted by Crippen LogP contribution is 2.16. The summed E-state index contributed by atoms with van der Waals surface area (Å²) in [6, 6.07) is 7.53. The molecule has 5 nitrogen and oxygen atoms in total. The molecule has 2 aromatic rings. The lowest BCUT2D eigenvalue weighted by Gasteiger charge is -2.10. The zero-order valence-corrected chi connectivity index (χ0v) is 10.7. The third-order valence-electron chi connectivity index (χ3n) is 2.52. The van der Waals surface area contributed by atoms with E-state index in [-0.39, 0.29) is 11.6 Å². The highest BCUT2D eigenvalue weighted by atomic mass is 16.5. The van der Waals surface area contributed by atoms with Crippen LogP contribution in [0.5, 0.6) is 0 Å². The number of carbonyl (C=O) groups is 1. The van der Waals surface area contributed by atoms with Gasteiger partial charge in [0.25, 0.3) is 5.91 Å². The van der Waals surface area contributed by atoms with Gasteiger partial charge in [0, 0.05) is 30.3 Å². The fourth-order valence-electron chi connectivity index (χ4n) is 1.58. The maximum absolute atomic E-state index is 12.0. The molecular weight excluding hydrogens is 242 g/mol. The first-order valence-electron chi connectivity index (χ1n) is 6.04. The fraction of sp³-hybridized carbons (Fsp3) is 0.214. The summed E-state index contributed by atoms with van der Waals surface area (Å²) in [6.07, 6.45) is 4.45. The van der Waals surface area contributed by atoms with Gasteiger partial charge in [-0.15, -0.1) is 0 Å². The lowest BCUT2D eigenvalue weighted by molar-refractivity contribution is 0.102. The van der Waals surface area contributed by atoms with Gasteiger partial charge in [0.1, 0.15) is 5.69 Å². The van der Waals surface area contributed by atoms with Crippen molar-refractivity contribution >= 4 is 11.6 Å². The van der Waals surface area contributed by atoms with E-state index in [2.05, 4.69) is 15.3 Å². The van der Waals surface area contributed by atoms with Crippen LogP contribution in [0.3, 0.4) is 0 Å². The van der Waals surface area contributed by atoms with E-state index in [9.17, 15) is 4.79 Å². The average molecular weight is 257 g/mol. The van der Waals surface area contributed by atoms with Crippen molar-refractivity contribution in [3.8, 4) is 0 Å². The monoisotopic (exact) mass is 257 g/mol. The van der Waals surface area contributed by atoms with Gasteiger partial charge in [0.15, 0.2) is 0 Å². The van der Waals surface area contributed by atoms with Crippen LogP contribution in [0.25, 0.3) is 0 Å². The number of hydrogen-bond donors (Lipinski definition) is 1. The first-order valence-corrected chi connectivity index (χ1v) is 6.04. The number of aromatic nitrogens is 2. The van der Waals surface area contributed by atoms with E-state index in [0.717, 1.165) is 11.3 Å². The van der Waals surface area contributed by atoms with Crippen LogP contribution in [0.1, 0.15) is 23.0 Å². The van der Waals surface area contributed by atoms with Gasteiger partial charge in [-0.25, -0.2) is 4.98 Å². The second kappa shape index (κ2) is 6.61. The van der Waals surface area contributed by atoms with Gasteiger partial charge >= 0.3 is 0 Å². The number of amides is 1. The molecule has 0 spiro atoms. The highest BCUT2D eigenvalue weighted by molar-refractivity contribution is 6.03. The van der Waals surface area contributed by atoms with Crippen LogP contribution in [0.15, 0.2) is 42.9 Å². The molecule has 2 rings (SSSR count). The maximum atomic E-state index is 12.0. The molecule has 1 N–H and O–H groups in total. The first kappa shape index (κ1) is 13.2. The molecule has 0 atom stereocenters. The molecule has 0 radical (unpaired) electrons. The largest absolute Gasteiger partial charge is 0.377 e. The Labute approximate surface area is 111 Å². The van der Waals surface area contributed by atoms with Crippen molar-refractivity contribution in [1.82, 2.24) is 9.97 Å². The maximum Gasteiger partial charge on any atom is 0.275 e. The minimum absolute atomic E-state index is 0.281. The predicted octanol–water partition coefficient (Wildman–Crippen LogP) is 2.27. The molecule has 0 bridgehead atoms. The molecule has 0 fully saturated rings. The Kier molecular flexibility index (Phi) is 4.58. The summed E-state index contributed by atoms with van der Waals surface area (Å²) < 4.78 is 5.37. The van der Waals surface area contributed by atoms with Crippen LogP contribution in [0.2, 0.25) is 0 Å². The van der Waals surface area contributed by atoms with Crippen LogP contribution in [0.4, 0.5) is 5.69 Å². The number of para-hydroxylation sites is 1. The normalized spacial score (nSPS) is 10.2. The SMILES string of the molecule is CCOCc1ccccc1NC(=O)c1cnccn1. The second-order valence-electron chi connectivity index (χ2n) is 3.84. The highest BCUT2D eigenvalue weighted by Gasteiger charge is 2.09. The number of ether oxygens (including phenoxy) is 1. The summed E-state index contributed by atoms with van der Waals surface area (Å²) in [4.78, 5) is 19.8. The van der Waals surface area contributed by atoms with Gasteiger partial charge in [0.2, 0.25) is 0 Å². The van der Waals surface area contributed by atoms with Crippen molar-refractivity contribution < 1.29 is 9.53 Å². The zero-order chi connectivity index (χ0) is 13.5. The molecule has 19 heavy (non-hydrogen) atoms. The predicted molar refractivity (Wildman–Crippen MR) is 71.8 cm³/mol. The summed E-state index contributed by atoms with van der Waals surface area (Å²) in [6.45, 7) is 3.03. The van der Waals surface area contributed by atoms with Gasteiger partial charge in [-0.1, -0.05) is 18.2 Å². The van der Waals surface area contributed by atoms with Crippen LogP contribution in [-0.2, 0) is 11.3 Å². The Bertz CT molecular complexity index is 543. The number of nitrogens with one attached hydrogen (secondary N) is 1. The summed E-state index contributed by atoms with van der Waals surface area (Å²) in [5.74, 6) is -0.281. The molecule has 1 aromatic heterocycles. The minimum atomic E-state index is -0.281. The molecule has 1 aromatic carbocycles. The molecule has 0 saturated carbocycles. The number of nitrogens with zero attached hydrogens (tertiary/aromatic N) is 2. The van der Waals surface area contributed by atoms with Gasteiger partial charge in [-0.05, 0) is 13.0 Å². The van der Waals surface area contributed by atoms with Crippen LogP contribution < -0.4 is 5.32 Å². The molecule has 0 aliphatic rings. The third-order valence-corrected chi connectivity index (χ3v) is 2.52. The molecule has 5 heteroatoms. The quantitative estimate of drug-likeness (QED) is 0.892. The Balaban J connectivity index is 2.12. The van der Waals surface area contributed by atoms with Crippen molar-refractivity contribution in [2.45, 2.75) is 13.5 Å². The zero-order valence-electron chi connectivity index (χ0n) is 10.7. The molecule has 1 amide bonds. The molecule has 0 unspecified atom stereocenters. The van der Waals surface area contributed by atoms with E-state index in [4.69, 9.17) is 4.74 Å². The standard InChI is InChI=1S/C14H15N3O2/c1-2-19-10-11-5-3-4-6-12(11)17-14(18)13-9-15-7-8-16-13/h3-9H,2,10H2,1H3,(H,17,18). The van der Waals surface area contributed by atoms with Crippen molar-refractivity contribution in [3.05, 3.63) is 54.1 Å². The molecule has 98 valence electrons. The average Bonchev–Trinajstić information content (AvgIpc) is 2.47. The van der Waals surface area contributed by atoms with E-state index in [1.54, 1.807) is 0 Å². The molecule has 0 aliphatic carbocycles. The van der Waals surface area contributed by atoms with Crippen molar-refractivity contribution in [2.24, 2.45) is 0 Å². The van der Waals surface area contributed by atoms with E-state index in [0.29, 0.717) is 13.2 Å². The van der Waals surface area contributed by atoms with Gasteiger partial charge in [0.05, 0.1) is 12.8 Å².